The van der Waals surface area contributed by atoms with Gasteiger partial charge >= 0.3 is 12.1 Å². The van der Waals surface area contributed by atoms with E-state index in [1.54, 1.807) is 41.5 Å². The van der Waals surface area contributed by atoms with E-state index in [-0.39, 0.29) is 17.9 Å². The van der Waals surface area contributed by atoms with Gasteiger partial charge in [0.1, 0.15) is 11.2 Å². The average molecular weight is 315 g/mol. The molecular weight excluding hydrogens is 290 g/mol. The van der Waals surface area contributed by atoms with Crippen molar-refractivity contribution >= 4 is 17.8 Å². The molecular formula is C15H25NO6. The highest BCUT2D eigenvalue weighted by Crippen LogP contribution is 2.34. The lowest BCUT2D eigenvalue weighted by molar-refractivity contribution is -0.199. The lowest BCUT2D eigenvalue weighted by atomic mass is 9.95. The fraction of sp³-hybridized carbons (Fsp3) is 0.800. The molecule has 22 heavy (non-hydrogen) atoms. The van der Waals surface area contributed by atoms with Crippen molar-refractivity contribution in [1.82, 2.24) is 5.06 Å². The number of hydrogen-bond acceptors (Lipinski definition) is 6. The molecule has 0 aromatic rings. The summed E-state index contributed by atoms with van der Waals surface area (Å²) < 4.78 is 10.3. The van der Waals surface area contributed by atoms with Gasteiger partial charge in [0.2, 0.25) is 5.54 Å². The molecule has 1 fully saturated rings. The summed E-state index contributed by atoms with van der Waals surface area (Å²) in [7, 11) is 0. The third-order valence-corrected chi connectivity index (χ3v) is 3.07. The summed E-state index contributed by atoms with van der Waals surface area (Å²) in [6.07, 6.45) is -0.651. The average Bonchev–Trinajstić information content (AvgIpc) is 2.66. The maximum absolute atomic E-state index is 12.5. The summed E-state index contributed by atoms with van der Waals surface area (Å²) in [4.78, 5) is 36.7. The second-order valence-corrected chi connectivity index (χ2v) is 7.43. The van der Waals surface area contributed by atoms with Crippen molar-refractivity contribution < 1.29 is 29.1 Å². The number of Topliss-reactive ketones (excluding diaryl/α,β-unsaturated/α-hetero) is 1. The molecule has 0 heterocycles. The van der Waals surface area contributed by atoms with E-state index in [9.17, 15) is 19.6 Å². The van der Waals surface area contributed by atoms with Crippen LogP contribution in [-0.2, 0) is 19.1 Å². The molecule has 0 radical (unpaired) electrons. The summed E-state index contributed by atoms with van der Waals surface area (Å²) in [6.45, 7) is 9.80. The summed E-state index contributed by atoms with van der Waals surface area (Å²) in [5, 5.41) is 10.3. The van der Waals surface area contributed by atoms with E-state index in [4.69, 9.17) is 9.47 Å². The van der Waals surface area contributed by atoms with Crippen molar-refractivity contribution in [3.8, 4) is 0 Å². The first-order valence-corrected chi connectivity index (χ1v) is 7.28. The normalized spacial score (nSPS) is 22.4. The lowest BCUT2D eigenvalue weighted by Gasteiger charge is -2.35. The number of nitrogens with zero attached hydrogens (tertiary/aromatic N) is 1. The van der Waals surface area contributed by atoms with Crippen molar-refractivity contribution in [3.63, 3.8) is 0 Å². The van der Waals surface area contributed by atoms with E-state index in [2.05, 4.69) is 0 Å². The van der Waals surface area contributed by atoms with Gasteiger partial charge in [-0.2, -0.15) is 5.06 Å². The number of rotatable bonds is 2. The predicted molar refractivity (Wildman–Crippen MR) is 77.3 cm³/mol. The Bertz CT molecular complexity index is 473. The van der Waals surface area contributed by atoms with Gasteiger partial charge < -0.3 is 9.47 Å². The van der Waals surface area contributed by atoms with Gasteiger partial charge in [0.05, 0.1) is 0 Å². The number of hydroxylamine groups is 2. The van der Waals surface area contributed by atoms with Crippen LogP contribution in [0, 0.1) is 0 Å². The van der Waals surface area contributed by atoms with Gasteiger partial charge in [-0.25, -0.2) is 9.59 Å². The molecule has 1 rings (SSSR count). The number of amides is 1. The molecule has 0 unspecified atom stereocenters. The predicted octanol–water partition coefficient (Wildman–Crippen LogP) is 2.45. The summed E-state index contributed by atoms with van der Waals surface area (Å²) >= 11 is 0. The van der Waals surface area contributed by atoms with Gasteiger partial charge in [-0.1, -0.05) is 0 Å². The highest BCUT2D eigenvalue weighted by Gasteiger charge is 2.58. The van der Waals surface area contributed by atoms with Gasteiger partial charge in [0.25, 0.3) is 0 Å². The Morgan fingerprint density at radius 2 is 1.59 bits per heavy atom. The van der Waals surface area contributed by atoms with Gasteiger partial charge in [-0.3, -0.25) is 10.0 Å². The molecule has 126 valence electrons. The molecule has 0 aliphatic heterocycles. The van der Waals surface area contributed by atoms with Crippen LogP contribution < -0.4 is 0 Å². The van der Waals surface area contributed by atoms with Crippen molar-refractivity contribution in [3.05, 3.63) is 0 Å². The summed E-state index contributed by atoms with van der Waals surface area (Å²) in [5.74, 6) is -1.48. The molecule has 0 bridgehead atoms. The molecule has 1 saturated carbocycles. The Labute approximate surface area is 130 Å². The highest BCUT2D eigenvalue weighted by molar-refractivity contribution is 6.11. The molecule has 1 atom stereocenters. The fourth-order valence-corrected chi connectivity index (χ4v) is 2.20. The Morgan fingerprint density at radius 3 is 1.95 bits per heavy atom. The topological polar surface area (TPSA) is 93.1 Å². The van der Waals surface area contributed by atoms with Gasteiger partial charge in [0.15, 0.2) is 5.78 Å². The molecule has 0 spiro atoms. The van der Waals surface area contributed by atoms with Crippen molar-refractivity contribution in [2.75, 3.05) is 0 Å². The van der Waals surface area contributed by atoms with Crippen molar-refractivity contribution in [2.24, 2.45) is 0 Å². The first-order valence-electron chi connectivity index (χ1n) is 7.28. The number of carbonyl (C=O) groups is 3. The SMILES string of the molecule is CC(C)(C)OC(=O)N(O)[C@@]1(C(=O)OC(C)(C)C)CCCC1=O. The number of ether oxygens (including phenoxy) is 2. The van der Waals surface area contributed by atoms with E-state index < -0.39 is 34.6 Å². The molecule has 1 amide bonds. The zero-order valence-electron chi connectivity index (χ0n) is 14.1. The van der Waals surface area contributed by atoms with Crippen LogP contribution in [-0.4, -0.2) is 44.9 Å². The van der Waals surface area contributed by atoms with E-state index in [1.807, 2.05) is 0 Å². The van der Waals surface area contributed by atoms with Crippen LogP contribution in [0.5, 0.6) is 0 Å². The van der Waals surface area contributed by atoms with Crippen LogP contribution in [0.3, 0.4) is 0 Å². The minimum Gasteiger partial charge on any atom is -0.458 e. The van der Waals surface area contributed by atoms with Gasteiger partial charge in [-0.15, -0.1) is 0 Å². The summed E-state index contributed by atoms with van der Waals surface area (Å²) in [6, 6.07) is 0. The van der Waals surface area contributed by atoms with E-state index in [0.717, 1.165) is 0 Å². The first-order chi connectivity index (χ1) is 9.79. The lowest BCUT2D eigenvalue weighted by Crippen LogP contribution is -2.60. The third kappa shape index (κ3) is 3.97. The number of ketones is 1. The highest BCUT2D eigenvalue weighted by atomic mass is 16.6. The van der Waals surface area contributed by atoms with Crippen LogP contribution in [0.1, 0.15) is 60.8 Å². The second kappa shape index (κ2) is 5.87. The minimum atomic E-state index is -2.02. The summed E-state index contributed by atoms with van der Waals surface area (Å²) in [5.41, 5.74) is -3.73. The van der Waals surface area contributed by atoms with Gasteiger partial charge in [-0.05, 0) is 54.4 Å². The zero-order valence-corrected chi connectivity index (χ0v) is 14.1. The monoisotopic (exact) mass is 315 g/mol. The maximum Gasteiger partial charge on any atom is 0.435 e. The molecule has 0 saturated heterocycles. The van der Waals surface area contributed by atoms with Crippen LogP contribution in [0.25, 0.3) is 0 Å². The van der Waals surface area contributed by atoms with Gasteiger partial charge in [0, 0.05) is 6.42 Å². The first kappa shape index (κ1) is 18.4. The van der Waals surface area contributed by atoms with Crippen LogP contribution in [0.4, 0.5) is 4.79 Å². The van der Waals surface area contributed by atoms with E-state index >= 15 is 0 Å². The maximum atomic E-state index is 12.5. The fourth-order valence-electron chi connectivity index (χ4n) is 2.20. The quantitative estimate of drug-likeness (QED) is 0.364. The van der Waals surface area contributed by atoms with Crippen molar-refractivity contribution in [2.45, 2.75) is 77.5 Å². The number of carbonyl (C=O) groups excluding carboxylic acids is 3. The standard InChI is InChI=1S/C15H25NO6/c1-13(2,3)21-11(18)15(9-7-8-10(15)17)16(20)12(19)22-14(4,5)6/h20H,7-9H2,1-6H3/t15-/m0/s1. The molecule has 1 aliphatic rings. The molecule has 0 aromatic heterocycles. The Hall–Kier alpha value is -1.63. The minimum absolute atomic E-state index is 0.0104. The smallest absolute Gasteiger partial charge is 0.435 e. The molecule has 7 heteroatoms. The van der Waals surface area contributed by atoms with Crippen LogP contribution >= 0.6 is 0 Å². The Kier molecular flexibility index (Phi) is 4.91. The number of hydrogen-bond donors (Lipinski definition) is 1. The van der Waals surface area contributed by atoms with Crippen molar-refractivity contribution in [1.29, 1.82) is 0 Å². The molecule has 7 nitrogen and oxygen atoms in total. The largest absolute Gasteiger partial charge is 0.458 e. The Morgan fingerprint density at radius 1 is 1.09 bits per heavy atom. The Balaban J connectivity index is 3.10. The molecule has 0 aromatic carbocycles. The van der Waals surface area contributed by atoms with E-state index in [0.29, 0.717) is 6.42 Å². The number of esters is 1. The van der Waals surface area contributed by atoms with Crippen LogP contribution in [0.2, 0.25) is 0 Å². The second-order valence-electron chi connectivity index (χ2n) is 7.43. The van der Waals surface area contributed by atoms with E-state index in [1.165, 1.54) is 0 Å². The van der Waals surface area contributed by atoms with Crippen LogP contribution in [0.15, 0.2) is 0 Å². The molecule has 1 aliphatic carbocycles. The third-order valence-electron chi connectivity index (χ3n) is 3.07. The zero-order chi connectivity index (χ0) is 17.3. The molecule has 1 N–H and O–H groups in total.